The molecule has 4 heterocycles. The van der Waals surface area contributed by atoms with Crippen LogP contribution in [0.3, 0.4) is 0 Å². The lowest BCUT2D eigenvalue weighted by Crippen LogP contribution is -2.44. The number of ether oxygens (including phenoxy) is 1. The zero-order valence-corrected chi connectivity index (χ0v) is 14.1. The molecule has 1 N–H and O–H groups in total. The summed E-state index contributed by atoms with van der Waals surface area (Å²) in [4.78, 5) is 19.3. The average Bonchev–Trinajstić information content (AvgIpc) is 3.29. The highest BCUT2D eigenvalue weighted by Gasteiger charge is 2.43. The molecule has 0 saturated carbocycles. The molecule has 0 spiro atoms. The van der Waals surface area contributed by atoms with E-state index in [0.717, 1.165) is 37.7 Å². The lowest BCUT2D eigenvalue weighted by molar-refractivity contribution is -0.133. The number of amides is 1. The summed E-state index contributed by atoms with van der Waals surface area (Å²) in [5, 5.41) is 3.02. The Kier molecular flexibility index (Phi) is 4.81. The second-order valence-corrected chi connectivity index (χ2v) is 6.88. The second-order valence-electron chi connectivity index (χ2n) is 6.88. The second kappa shape index (κ2) is 7.37. The number of aromatic nitrogens is 1. The molecule has 0 aliphatic carbocycles. The van der Waals surface area contributed by atoms with E-state index in [1.807, 2.05) is 30.3 Å². The molecular formula is C19H23N3O3. The monoisotopic (exact) mass is 341 g/mol. The predicted molar refractivity (Wildman–Crippen MR) is 91.4 cm³/mol. The average molecular weight is 341 g/mol. The molecule has 6 heteroatoms. The summed E-state index contributed by atoms with van der Waals surface area (Å²) in [5.74, 6) is 1.70. The first-order chi connectivity index (χ1) is 12.3. The van der Waals surface area contributed by atoms with Gasteiger partial charge in [-0.1, -0.05) is 6.07 Å². The van der Waals surface area contributed by atoms with Crippen LogP contribution in [-0.2, 0) is 22.6 Å². The van der Waals surface area contributed by atoms with Crippen molar-refractivity contribution in [1.29, 1.82) is 0 Å². The van der Waals surface area contributed by atoms with Gasteiger partial charge in [0, 0.05) is 19.3 Å². The molecule has 2 saturated heterocycles. The molecule has 4 rings (SSSR count). The highest BCUT2D eigenvalue weighted by molar-refractivity contribution is 5.79. The van der Waals surface area contributed by atoms with Crippen LogP contribution in [0.4, 0.5) is 0 Å². The lowest BCUT2D eigenvalue weighted by Gasteiger charge is -2.32. The number of carbonyl (C=O) groups is 1. The van der Waals surface area contributed by atoms with E-state index in [1.54, 1.807) is 12.5 Å². The summed E-state index contributed by atoms with van der Waals surface area (Å²) < 4.78 is 11.2. The molecule has 2 aliphatic heterocycles. The molecule has 0 bridgehead atoms. The first-order valence-electron chi connectivity index (χ1n) is 8.79. The van der Waals surface area contributed by atoms with Gasteiger partial charge in [-0.15, -0.1) is 0 Å². The smallest absolute Gasteiger partial charge is 0.226 e. The quantitative estimate of drug-likeness (QED) is 0.896. The van der Waals surface area contributed by atoms with Crippen molar-refractivity contribution >= 4 is 5.91 Å². The van der Waals surface area contributed by atoms with Crippen LogP contribution >= 0.6 is 0 Å². The number of rotatable bonds is 5. The largest absolute Gasteiger partial charge is 0.468 e. The van der Waals surface area contributed by atoms with Crippen LogP contribution in [-0.4, -0.2) is 42.1 Å². The minimum absolute atomic E-state index is 0.0696. The highest BCUT2D eigenvalue weighted by Crippen LogP contribution is 2.35. The number of nitrogens with zero attached hydrogens (tertiary/aromatic N) is 2. The summed E-state index contributed by atoms with van der Waals surface area (Å²) in [6.07, 6.45) is 3.44. The van der Waals surface area contributed by atoms with Crippen molar-refractivity contribution < 1.29 is 13.9 Å². The molecule has 3 atom stereocenters. The van der Waals surface area contributed by atoms with E-state index in [4.69, 9.17) is 9.15 Å². The minimum Gasteiger partial charge on any atom is -0.468 e. The first kappa shape index (κ1) is 16.3. The van der Waals surface area contributed by atoms with E-state index < -0.39 is 0 Å². The molecule has 6 nitrogen and oxygen atoms in total. The zero-order valence-electron chi connectivity index (χ0n) is 14.1. The minimum atomic E-state index is -0.0935. The topological polar surface area (TPSA) is 67.6 Å². The maximum Gasteiger partial charge on any atom is 0.226 e. The SMILES string of the molecule is O=C(NCc1ccccn1)[C@@H]1COC[C@@H]2CN(Cc3ccco3)C[C@@H]21. The van der Waals surface area contributed by atoms with Crippen molar-refractivity contribution in [3.63, 3.8) is 0 Å². The number of hydrogen-bond donors (Lipinski definition) is 1. The molecular weight excluding hydrogens is 318 g/mol. The number of pyridine rings is 1. The maximum absolute atomic E-state index is 12.7. The third-order valence-corrected chi connectivity index (χ3v) is 5.18. The Labute approximate surface area is 147 Å². The fourth-order valence-electron chi connectivity index (χ4n) is 3.92. The number of carbonyl (C=O) groups excluding carboxylic acids is 1. The standard InChI is InChI=1S/C19H23N3O3/c23-19(21-8-15-4-1-2-6-20-15)18-13-24-12-14-9-22(11-17(14)18)10-16-5-3-7-25-16/h1-7,14,17-18H,8-13H2,(H,21,23)/t14-,17-,18+/m0/s1. The van der Waals surface area contributed by atoms with Crippen molar-refractivity contribution in [2.45, 2.75) is 13.1 Å². The van der Waals surface area contributed by atoms with Gasteiger partial charge in [0.2, 0.25) is 5.91 Å². The van der Waals surface area contributed by atoms with Gasteiger partial charge in [0.1, 0.15) is 5.76 Å². The van der Waals surface area contributed by atoms with Gasteiger partial charge in [0.15, 0.2) is 0 Å². The van der Waals surface area contributed by atoms with Crippen molar-refractivity contribution in [3.05, 3.63) is 54.2 Å². The maximum atomic E-state index is 12.7. The van der Waals surface area contributed by atoms with E-state index in [0.29, 0.717) is 25.0 Å². The number of likely N-dealkylation sites (tertiary alicyclic amines) is 1. The number of furan rings is 1. The van der Waals surface area contributed by atoms with Gasteiger partial charge in [0.05, 0.1) is 44.2 Å². The highest BCUT2D eigenvalue weighted by atomic mass is 16.5. The molecule has 2 aromatic heterocycles. The molecule has 0 aromatic carbocycles. The Balaban J connectivity index is 1.36. The van der Waals surface area contributed by atoms with Gasteiger partial charge >= 0.3 is 0 Å². The first-order valence-corrected chi connectivity index (χ1v) is 8.79. The van der Waals surface area contributed by atoms with Crippen molar-refractivity contribution in [2.24, 2.45) is 17.8 Å². The Hall–Kier alpha value is -2.18. The van der Waals surface area contributed by atoms with E-state index in [2.05, 4.69) is 15.2 Å². The normalized spacial score (nSPS) is 26.3. The Morgan fingerprint density at radius 3 is 3.00 bits per heavy atom. The molecule has 0 unspecified atom stereocenters. The van der Waals surface area contributed by atoms with Gasteiger partial charge in [-0.2, -0.15) is 0 Å². The number of hydrogen-bond acceptors (Lipinski definition) is 5. The van der Waals surface area contributed by atoms with Crippen molar-refractivity contribution in [2.75, 3.05) is 26.3 Å². The van der Waals surface area contributed by atoms with E-state index >= 15 is 0 Å². The summed E-state index contributed by atoms with van der Waals surface area (Å²) in [7, 11) is 0. The van der Waals surface area contributed by atoms with Crippen LogP contribution in [0, 0.1) is 17.8 Å². The Morgan fingerprint density at radius 2 is 2.20 bits per heavy atom. The van der Waals surface area contributed by atoms with Crippen molar-refractivity contribution in [3.8, 4) is 0 Å². The Bertz CT molecular complexity index is 689. The molecule has 1 amide bonds. The molecule has 2 aliphatic rings. The van der Waals surface area contributed by atoms with Crippen LogP contribution in [0.25, 0.3) is 0 Å². The van der Waals surface area contributed by atoms with Gasteiger partial charge in [-0.3, -0.25) is 14.7 Å². The lowest BCUT2D eigenvalue weighted by atomic mass is 9.82. The summed E-state index contributed by atoms with van der Waals surface area (Å²) >= 11 is 0. The molecule has 0 radical (unpaired) electrons. The fourth-order valence-corrected chi connectivity index (χ4v) is 3.92. The predicted octanol–water partition coefficient (Wildman–Crippen LogP) is 1.69. The van der Waals surface area contributed by atoms with Crippen LogP contribution in [0.2, 0.25) is 0 Å². The fraction of sp³-hybridized carbons (Fsp3) is 0.474. The third kappa shape index (κ3) is 3.75. The van der Waals surface area contributed by atoms with Crippen LogP contribution in [0.15, 0.2) is 47.2 Å². The van der Waals surface area contributed by atoms with Gasteiger partial charge in [-0.25, -0.2) is 0 Å². The van der Waals surface area contributed by atoms with Gasteiger partial charge in [0.25, 0.3) is 0 Å². The molecule has 2 fully saturated rings. The summed E-state index contributed by atoms with van der Waals surface area (Å²) in [5.41, 5.74) is 0.870. The van der Waals surface area contributed by atoms with Crippen molar-refractivity contribution in [1.82, 2.24) is 15.2 Å². The molecule has 132 valence electrons. The Morgan fingerprint density at radius 1 is 1.24 bits per heavy atom. The van der Waals surface area contributed by atoms with E-state index in [1.165, 1.54) is 0 Å². The number of fused-ring (bicyclic) bond motifs is 1. The zero-order chi connectivity index (χ0) is 17.1. The van der Waals surface area contributed by atoms with E-state index in [9.17, 15) is 4.79 Å². The number of nitrogens with one attached hydrogen (secondary N) is 1. The summed E-state index contributed by atoms with van der Waals surface area (Å²) in [6, 6.07) is 9.63. The molecule has 2 aromatic rings. The van der Waals surface area contributed by atoms with Gasteiger partial charge in [-0.05, 0) is 36.1 Å². The van der Waals surface area contributed by atoms with Crippen LogP contribution in [0.1, 0.15) is 11.5 Å². The third-order valence-electron chi connectivity index (χ3n) is 5.18. The van der Waals surface area contributed by atoms with Crippen LogP contribution in [0.5, 0.6) is 0 Å². The molecule has 25 heavy (non-hydrogen) atoms. The summed E-state index contributed by atoms with van der Waals surface area (Å²) in [6.45, 7) is 4.37. The van der Waals surface area contributed by atoms with Gasteiger partial charge < -0.3 is 14.5 Å². The van der Waals surface area contributed by atoms with Crippen LogP contribution < -0.4 is 5.32 Å². The van der Waals surface area contributed by atoms with E-state index in [-0.39, 0.29) is 11.8 Å².